The van der Waals surface area contributed by atoms with Crippen LogP contribution in [0, 0.1) is 0 Å². The summed E-state index contributed by atoms with van der Waals surface area (Å²) < 4.78 is 0. The van der Waals surface area contributed by atoms with Gasteiger partial charge in [-0.15, -0.1) is 0 Å². The molecule has 1 aliphatic heterocycles. The van der Waals surface area contributed by atoms with E-state index >= 15 is 0 Å². The van der Waals surface area contributed by atoms with Gasteiger partial charge in [0.05, 0.1) is 5.92 Å². The molecule has 3 rings (SSSR count). The maximum Gasteiger partial charge on any atom is 0.312 e. The molecular formula is C21H23NO3. The molecule has 1 N–H and O–H groups in total. The van der Waals surface area contributed by atoms with E-state index in [4.69, 9.17) is 0 Å². The molecule has 130 valence electrons. The molecule has 0 bridgehead atoms. The Morgan fingerprint density at radius 3 is 2.52 bits per heavy atom. The highest BCUT2D eigenvalue weighted by Crippen LogP contribution is 2.29. The highest BCUT2D eigenvalue weighted by atomic mass is 16.4. The van der Waals surface area contributed by atoms with Gasteiger partial charge in [0, 0.05) is 19.5 Å². The van der Waals surface area contributed by atoms with Crippen molar-refractivity contribution < 1.29 is 14.7 Å². The van der Waals surface area contributed by atoms with E-state index in [9.17, 15) is 14.7 Å². The SMILES string of the molecule is CC(CCC(=O)N1Cc2ccccc2C(C(=O)O)C1)c1ccccc1. The molecule has 2 aromatic carbocycles. The summed E-state index contributed by atoms with van der Waals surface area (Å²) in [5.74, 6) is -1.18. The van der Waals surface area contributed by atoms with Crippen LogP contribution in [0.5, 0.6) is 0 Å². The topological polar surface area (TPSA) is 57.6 Å². The zero-order chi connectivity index (χ0) is 17.8. The van der Waals surface area contributed by atoms with Crippen molar-refractivity contribution in [2.75, 3.05) is 6.54 Å². The molecule has 1 heterocycles. The third-order valence-corrected chi connectivity index (χ3v) is 5.01. The van der Waals surface area contributed by atoms with Gasteiger partial charge in [0.25, 0.3) is 0 Å². The number of carbonyl (C=O) groups is 2. The lowest BCUT2D eigenvalue weighted by molar-refractivity contribution is -0.141. The zero-order valence-corrected chi connectivity index (χ0v) is 14.4. The van der Waals surface area contributed by atoms with E-state index in [1.807, 2.05) is 42.5 Å². The van der Waals surface area contributed by atoms with Crippen molar-refractivity contribution in [1.29, 1.82) is 0 Å². The van der Waals surface area contributed by atoms with Gasteiger partial charge in [0.2, 0.25) is 5.91 Å². The van der Waals surface area contributed by atoms with Crippen LogP contribution in [-0.2, 0) is 16.1 Å². The molecule has 0 aromatic heterocycles. The number of carboxylic acids is 1. The van der Waals surface area contributed by atoms with Crippen LogP contribution in [0.1, 0.15) is 48.3 Å². The van der Waals surface area contributed by atoms with Crippen molar-refractivity contribution in [2.45, 2.75) is 38.1 Å². The van der Waals surface area contributed by atoms with Crippen LogP contribution in [0.4, 0.5) is 0 Å². The van der Waals surface area contributed by atoms with Crippen LogP contribution in [0.3, 0.4) is 0 Å². The van der Waals surface area contributed by atoms with E-state index in [1.165, 1.54) is 5.56 Å². The van der Waals surface area contributed by atoms with Crippen LogP contribution in [0.25, 0.3) is 0 Å². The normalized spacial score (nSPS) is 17.6. The molecule has 2 aromatic rings. The molecule has 0 aliphatic carbocycles. The fourth-order valence-electron chi connectivity index (χ4n) is 3.45. The van der Waals surface area contributed by atoms with Crippen LogP contribution in [-0.4, -0.2) is 28.4 Å². The largest absolute Gasteiger partial charge is 0.481 e. The second kappa shape index (κ2) is 7.51. The lowest BCUT2D eigenvalue weighted by atomic mass is 9.89. The predicted molar refractivity (Wildman–Crippen MR) is 96.3 cm³/mol. The Bertz CT molecular complexity index is 757. The molecule has 0 fully saturated rings. The fraction of sp³-hybridized carbons (Fsp3) is 0.333. The van der Waals surface area contributed by atoms with Crippen LogP contribution in [0.15, 0.2) is 54.6 Å². The molecule has 0 saturated heterocycles. The first-order valence-corrected chi connectivity index (χ1v) is 8.69. The fourth-order valence-corrected chi connectivity index (χ4v) is 3.45. The molecule has 4 heteroatoms. The van der Waals surface area contributed by atoms with E-state index in [0.29, 0.717) is 18.9 Å². The first kappa shape index (κ1) is 17.2. The Balaban J connectivity index is 1.66. The minimum absolute atomic E-state index is 0.0311. The number of carboxylic acid groups (broad SMARTS) is 1. The van der Waals surface area contributed by atoms with Gasteiger partial charge in [-0.3, -0.25) is 9.59 Å². The van der Waals surface area contributed by atoms with Gasteiger partial charge >= 0.3 is 5.97 Å². The molecule has 0 spiro atoms. The Morgan fingerprint density at radius 2 is 1.80 bits per heavy atom. The summed E-state index contributed by atoms with van der Waals surface area (Å²) in [4.78, 5) is 25.9. The van der Waals surface area contributed by atoms with E-state index in [0.717, 1.165) is 17.5 Å². The number of carbonyl (C=O) groups excluding carboxylic acids is 1. The van der Waals surface area contributed by atoms with Crippen LogP contribution < -0.4 is 0 Å². The second-order valence-electron chi connectivity index (χ2n) is 6.71. The summed E-state index contributed by atoms with van der Waals surface area (Å²) in [5, 5.41) is 9.51. The second-order valence-corrected chi connectivity index (χ2v) is 6.71. The average Bonchev–Trinajstić information content (AvgIpc) is 2.65. The third kappa shape index (κ3) is 3.90. The van der Waals surface area contributed by atoms with Gasteiger partial charge in [-0.2, -0.15) is 0 Å². The summed E-state index contributed by atoms with van der Waals surface area (Å²) in [6.45, 7) is 2.87. The summed E-state index contributed by atoms with van der Waals surface area (Å²) in [6, 6.07) is 17.7. The summed E-state index contributed by atoms with van der Waals surface area (Å²) in [5.41, 5.74) is 2.99. The molecule has 0 radical (unpaired) electrons. The molecule has 4 nitrogen and oxygen atoms in total. The molecular weight excluding hydrogens is 314 g/mol. The average molecular weight is 337 g/mol. The molecule has 25 heavy (non-hydrogen) atoms. The number of hydrogen-bond acceptors (Lipinski definition) is 2. The van der Waals surface area contributed by atoms with Crippen LogP contribution in [0.2, 0.25) is 0 Å². The standard InChI is InChI=1S/C21H23NO3/c1-15(16-7-3-2-4-8-16)11-12-20(23)22-13-17-9-5-6-10-18(17)19(14-22)21(24)25/h2-10,15,19H,11-14H2,1H3,(H,24,25). The smallest absolute Gasteiger partial charge is 0.312 e. The first-order chi connectivity index (χ1) is 12.1. The van der Waals surface area contributed by atoms with Crippen molar-refractivity contribution >= 4 is 11.9 Å². The Morgan fingerprint density at radius 1 is 1.12 bits per heavy atom. The number of aliphatic carboxylic acids is 1. The third-order valence-electron chi connectivity index (χ3n) is 5.01. The van der Waals surface area contributed by atoms with Gasteiger partial charge in [-0.1, -0.05) is 61.5 Å². The van der Waals surface area contributed by atoms with Gasteiger partial charge in [0.15, 0.2) is 0 Å². The van der Waals surface area contributed by atoms with Crippen molar-refractivity contribution in [1.82, 2.24) is 4.90 Å². The minimum Gasteiger partial charge on any atom is -0.481 e. The molecule has 2 unspecified atom stereocenters. The first-order valence-electron chi connectivity index (χ1n) is 8.69. The van der Waals surface area contributed by atoms with Gasteiger partial charge in [-0.05, 0) is 29.0 Å². The number of hydrogen-bond donors (Lipinski definition) is 1. The van der Waals surface area contributed by atoms with E-state index in [2.05, 4.69) is 19.1 Å². The maximum atomic E-state index is 12.6. The lowest BCUT2D eigenvalue weighted by Gasteiger charge is -2.33. The van der Waals surface area contributed by atoms with Crippen molar-refractivity contribution in [3.63, 3.8) is 0 Å². The monoisotopic (exact) mass is 337 g/mol. The summed E-state index contributed by atoms with van der Waals surface area (Å²) in [7, 11) is 0. The molecule has 1 aliphatic rings. The van der Waals surface area contributed by atoms with Gasteiger partial charge < -0.3 is 10.0 Å². The molecule has 0 saturated carbocycles. The van der Waals surface area contributed by atoms with Crippen molar-refractivity contribution in [3.8, 4) is 0 Å². The zero-order valence-electron chi connectivity index (χ0n) is 14.4. The molecule has 1 amide bonds. The van der Waals surface area contributed by atoms with Crippen molar-refractivity contribution in [2.24, 2.45) is 0 Å². The molecule has 2 atom stereocenters. The Kier molecular flexibility index (Phi) is 5.17. The van der Waals surface area contributed by atoms with Gasteiger partial charge in [0.1, 0.15) is 0 Å². The number of nitrogens with zero attached hydrogens (tertiary/aromatic N) is 1. The van der Waals surface area contributed by atoms with E-state index < -0.39 is 11.9 Å². The minimum atomic E-state index is -0.873. The van der Waals surface area contributed by atoms with Crippen LogP contribution >= 0.6 is 0 Å². The number of rotatable bonds is 5. The summed E-state index contributed by atoms with van der Waals surface area (Å²) in [6.07, 6.45) is 1.20. The quantitative estimate of drug-likeness (QED) is 0.903. The van der Waals surface area contributed by atoms with E-state index in [1.54, 1.807) is 4.90 Å². The predicted octanol–water partition coefficient (Wildman–Crippen LogP) is 3.78. The van der Waals surface area contributed by atoms with Gasteiger partial charge in [-0.25, -0.2) is 0 Å². The Labute approximate surface area is 148 Å². The maximum absolute atomic E-state index is 12.6. The van der Waals surface area contributed by atoms with E-state index in [-0.39, 0.29) is 12.5 Å². The van der Waals surface area contributed by atoms with Crippen molar-refractivity contribution in [3.05, 3.63) is 71.3 Å². The highest BCUT2D eigenvalue weighted by Gasteiger charge is 2.32. The summed E-state index contributed by atoms with van der Waals surface area (Å²) >= 11 is 0. The number of fused-ring (bicyclic) bond motifs is 1. The highest BCUT2D eigenvalue weighted by molar-refractivity contribution is 5.81. The number of amides is 1. The Hall–Kier alpha value is -2.62. The number of benzene rings is 2. The lowest BCUT2D eigenvalue weighted by Crippen LogP contribution is -2.40.